The minimum atomic E-state index is 0.0360. The van der Waals surface area contributed by atoms with Crippen LogP contribution in [-0.4, -0.2) is 24.9 Å². The van der Waals surface area contributed by atoms with Crippen molar-refractivity contribution in [2.75, 3.05) is 16.8 Å². The number of para-hydroxylation sites is 2. The second-order valence-corrected chi connectivity index (χ2v) is 6.59. The molecule has 2 aromatic rings. The molecule has 0 N–H and O–H groups in total. The smallest absolute Gasteiger partial charge is 0.227 e. The van der Waals surface area contributed by atoms with E-state index < -0.39 is 0 Å². The molecule has 4 nitrogen and oxygen atoms in total. The van der Waals surface area contributed by atoms with Crippen LogP contribution in [0.25, 0.3) is 0 Å². The van der Waals surface area contributed by atoms with Gasteiger partial charge in [-0.2, -0.15) is 0 Å². The lowest BCUT2D eigenvalue weighted by atomic mass is 10.1. The fourth-order valence-corrected chi connectivity index (χ4v) is 3.42. The lowest BCUT2D eigenvalue weighted by Gasteiger charge is -2.23. The fraction of sp³-hybridized carbons (Fsp3) is 0.333. The summed E-state index contributed by atoms with van der Waals surface area (Å²) in [7, 11) is 1.78. The zero-order valence-corrected chi connectivity index (χ0v) is 14.8. The van der Waals surface area contributed by atoms with Gasteiger partial charge < -0.3 is 9.80 Å². The Bertz CT molecular complexity index is 758. The van der Waals surface area contributed by atoms with E-state index in [-0.39, 0.29) is 17.9 Å². The summed E-state index contributed by atoms with van der Waals surface area (Å²) in [6.07, 6.45) is 2.24. The van der Waals surface area contributed by atoms with Crippen molar-refractivity contribution in [2.24, 2.45) is 0 Å². The van der Waals surface area contributed by atoms with Crippen LogP contribution in [0.3, 0.4) is 0 Å². The molecule has 0 fully saturated rings. The van der Waals surface area contributed by atoms with E-state index in [9.17, 15) is 9.59 Å². The molecule has 0 saturated heterocycles. The maximum atomic E-state index is 12.6. The number of benzene rings is 2. The monoisotopic (exact) mass is 336 g/mol. The van der Waals surface area contributed by atoms with Gasteiger partial charge in [0.05, 0.1) is 0 Å². The van der Waals surface area contributed by atoms with Crippen molar-refractivity contribution >= 4 is 23.2 Å². The normalized spacial score (nSPS) is 15.8. The third-order valence-corrected chi connectivity index (χ3v) is 4.77. The van der Waals surface area contributed by atoms with Crippen molar-refractivity contribution in [1.29, 1.82) is 0 Å². The van der Waals surface area contributed by atoms with Gasteiger partial charge in [-0.15, -0.1) is 0 Å². The van der Waals surface area contributed by atoms with Crippen LogP contribution in [0.15, 0.2) is 54.6 Å². The summed E-state index contributed by atoms with van der Waals surface area (Å²) in [6.45, 7) is 2.08. The molecule has 2 amide bonds. The summed E-state index contributed by atoms with van der Waals surface area (Å²) in [5.74, 6) is 0.140. The zero-order chi connectivity index (χ0) is 17.8. The first-order chi connectivity index (χ1) is 12.1. The Kier molecular flexibility index (Phi) is 5.17. The molecule has 4 heteroatoms. The van der Waals surface area contributed by atoms with Crippen LogP contribution in [0.4, 0.5) is 11.4 Å². The zero-order valence-electron chi connectivity index (χ0n) is 14.8. The van der Waals surface area contributed by atoms with Crippen LogP contribution >= 0.6 is 0 Å². The van der Waals surface area contributed by atoms with Crippen LogP contribution in [-0.2, 0) is 16.0 Å². The SMILES string of the molecule is CC1Cc2ccccc2N1C(=O)CCCC(=O)N(C)c1ccccc1. The molecule has 2 aromatic carbocycles. The molecule has 0 aromatic heterocycles. The maximum Gasteiger partial charge on any atom is 0.227 e. The Morgan fingerprint density at radius 3 is 2.48 bits per heavy atom. The van der Waals surface area contributed by atoms with Crippen molar-refractivity contribution in [3.8, 4) is 0 Å². The van der Waals surface area contributed by atoms with E-state index in [2.05, 4.69) is 13.0 Å². The number of rotatable bonds is 5. The van der Waals surface area contributed by atoms with Crippen LogP contribution in [0.5, 0.6) is 0 Å². The van der Waals surface area contributed by atoms with Gasteiger partial charge in [-0.1, -0.05) is 36.4 Å². The highest BCUT2D eigenvalue weighted by molar-refractivity contribution is 5.97. The van der Waals surface area contributed by atoms with E-state index in [1.54, 1.807) is 11.9 Å². The highest BCUT2D eigenvalue weighted by atomic mass is 16.2. The number of nitrogens with zero attached hydrogens (tertiary/aromatic N) is 2. The summed E-state index contributed by atoms with van der Waals surface area (Å²) in [5, 5.41) is 0. The van der Waals surface area contributed by atoms with Crippen LogP contribution < -0.4 is 9.80 Å². The van der Waals surface area contributed by atoms with Gasteiger partial charge in [-0.25, -0.2) is 0 Å². The van der Waals surface area contributed by atoms with Gasteiger partial charge >= 0.3 is 0 Å². The summed E-state index contributed by atoms with van der Waals surface area (Å²) >= 11 is 0. The summed E-state index contributed by atoms with van der Waals surface area (Å²) in [5.41, 5.74) is 3.12. The van der Waals surface area contributed by atoms with E-state index in [1.165, 1.54) is 5.56 Å². The van der Waals surface area contributed by atoms with Crippen LogP contribution in [0, 0.1) is 0 Å². The van der Waals surface area contributed by atoms with Crippen molar-refractivity contribution in [2.45, 2.75) is 38.6 Å². The standard InChI is InChI=1S/C21H24N2O2/c1-16-15-17-9-6-7-12-19(17)23(16)21(25)14-8-13-20(24)22(2)18-10-4-3-5-11-18/h3-7,9-12,16H,8,13-15H2,1-2H3. The van der Waals surface area contributed by atoms with Crippen molar-refractivity contribution in [3.05, 3.63) is 60.2 Å². The minimum Gasteiger partial charge on any atom is -0.316 e. The summed E-state index contributed by atoms with van der Waals surface area (Å²) in [6, 6.07) is 17.8. The Morgan fingerprint density at radius 1 is 1.04 bits per heavy atom. The average Bonchev–Trinajstić information content (AvgIpc) is 2.97. The fourth-order valence-electron chi connectivity index (χ4n) is 3.42. The molecule has 0 radical (unpaired) electrons. The predicted octanol–water partition coefficient (Wildman–Crippen LogP) is 3.80. The van der Waals surface area contributed by atoms with E-state index >= 15 is 0 Å². The molecule has 0 bridgehead atoms. The molecule has 1 unspecified atom stereocenters. The Hall–Kier alpha value is -2.62. The molecule has 0 spiro atoms. The molecule has 0 saturated carbocycles. The summed E-state index contributed by atoms with van der Waals surface area (Å²) in [4.78, 5) is 28.5. The van der Waals surface area contributed by atoms with Crippen molar-refractivity contribution in [1.82, 2.24) is 0 Å². The second-order valence-electron chi connectivity index (χ2n) is 6.59. The van der Waals surface area contributed by atoms with Gasteiger partial charge in [0.1, 0.15) is 0 Å². The Morgan fingerprint density at radius 2 is 1.72 bits per heavy atom. The molecule has 1 atom stereocenters. The molecular formula is C21H24N2O2. The topological polar surface area (TPSA) is 40.6 Å². The molecule has 0 aliphatic carbocycles. The predicted molar refractivity (Wildman–Crippen MR) is 101 cm³/mol. The van der Waals surface area contributed by atoms with Gasteiger partial charge in [-0.3, -0.25) is 9.59 Å². The van der Waals surface area contributed by atoms with E-state index in [4.69, 9.17) is 0 Å². The highest BCUT2D eigenvalue weighted by Gasteiger charge is 2.30. The molecule has 1 heterocycles. The van der Waals surface area contributed by atoms with Crippen LogP contribution in [0.1, 0.15) is 31.7 Å². The molecule has 1 aliphatic rings. The molecule has 3 rings (SSSR count). The third kappa shape index (κ3) is 3.73. The third-order valence-electron chi connectivity index (χ3n) is 4.77. The number of hydrogen-bond donors (Lipinski definition) is 0. The molecule has 130 valence electrons. The maximum absolute atomic E-state index is 12.6. The number of carbonyl (C=O) groups is 2. The van der Waals surface area contributed by atoms with Crippen molar-refractivity contribution in [3.63, 3.8) is 0 Å². The number of hydrogen-bond acceptors (Lipinski definition) is 2. The largest absolute Gasteiger partial charge is 0.316 e. The highest BCUT2D eigenvalue weighted by Crippen LogP contribution is 2.32. The average molecular weight is 336 g/mol. The van der Waals surface area contributed by atoms with Gasteiger partial charge in [0.2, 0.25) is 11.8 Å². The number of carbonyl (C=O) groups excluding carboxylic acids is 2. The van der Waals surface area contributed by atoms with E-state index in [0.29, 0.717) is 19.3 Å². The van der Waals surface area contributed by atoms with E-state index in [0.717, 1.165) is 17.8 Å². The van der Waals surface area contributed by atoms with Gasteiger partial charge in [0.25, 0.3) is 0 Å². The first kappa shape index (κ1) is 17.2. The quantitative estimate of drug-likeness (QED) is 0.833. The van der Waals surface area contributed by atoms with Gasteiger partial charge in [0, 0.05) is 37.3 Å². The Balaban J connectivity index is 1.54. The number of anilines is 2. The molecular weight excluding hydrogens is 312 g/mol. The Labute approximate surface area is 149 Å². The molecule has 25 heavy (non-hydrogen) atoms. The second kappa shape index (κ2) is 7.51. The van der Waals surface area contributed by atoms with E-state index in [1.807, 2.05) is 53.4 Å². The lowest BCUT2D eigenvalue weighted by Crippen LogP contribution is -2.35. The number of fused-ring (bicyclic) bond motifs is 1. The minimum absolute atomic E-state index is 0.0360. The van der Waals surface area contributed by atoms with Gasteiger partial charge in [0.15, 0.2) is 0 Å². The molecule has 1 aliphatic heterocycles. The summed E-state index contributed by atoms with van der Waals surface area (Å²) < 4.78 is 0. The van der Waals surface area contributed by atoms with Crippen molar-refractivity contribution < 1.29 is 9.59 Å². The lowest BCUT2D eigenvalue weighted by molar-refractivity contribution is -0.119. The van der Waals surface area contributed by atoms with Crippen LogP contribution in [0.2, 0.25) is 0 Å². The first-order valence-corrected chi connectivity index (χ1v) is 8.79. The van der Waals surface area contributed by atoms with Gasteiger partial charge in [-0.05, 0) is 43.5 Å². The number of amides is 2. The first-order valence-electron chi connectivity index (χ1n) is 8.79.